The Hall–Kier alpha value is -11.5. The van der Waals surface area contributed by atoms with Gasteiger partial charge in [-0.2, -0.15) is 0 Å². The summed E-state index contributed by atoms with van der Waals surface area (Å²) in [5, 5.41) is 139. The second-order valence-corrected chi connectivity index (χ2v) is 33.8. The monoisotopic (exact) mass is 1920 g/mol. The van der Waals surface area contributed by atoms with E-state index in [1.807, 2.05) is 0 Å². The molecule has 3 saturated heterocycles. The van der Waals surface area contributed by atoms with Crippen molar-refractivity contribution in [2.75, 3.05) is 132 Å². The van der Waals surface area contributed by atoms with E-state index in [1.54, 1.807) is 91.4 Å². The van der Waals surface area contributed by atoms with Crippen LogP contribution in [0.1, 0.15) is 188 Å². The summed E-state index contributed by atoms with van der Waals surface area (Å²) in [5.41, 5.74) is 0.767. The topological polar surface area (TPSA) is 627 Å². The largest absolute Gasteiger partial charge is 0.487 e. The number of hydrogen-bond donors (Lipinski definition) is 17. The minimum atomic E-state index is -1.42. The minimum absolute atomic E-state index is 0.0147. The number of rotatable bonds is 63. The van der Waals surface area contributed by atoms with Crippen LogP contribution < -0.4 is 56.7 Å². The quantitative estimate of drug-likeness (QED) is 0.0152. The number of benzene rings is 3. The summed E-state index contributed by atoms with van der Waals surface area (Å²) in [7, 11) is 0. The first kappa shape index (κ1) is 108. The molecular formula is C91H130N18O28. The predicted molar refractivity (Wildman–Crippen MR) is 482 cm³/mol. The van der Waals surface area contributed by atoms with Gasteiger partial charge in [0.05, 0.1) is 97.9 Å². The maximum absolute atomic E-state index is 14.2. The van der Waals surface area contributed by atoms with Crippen molar-refractivity contribution >= 4 is 59.1 Å². The second kappa shape index (κ2) is 57.7. The van der Waals surface area contributed by atoms with Crippen molar-refractivity contribution in [1.29, 1.82) is 0 Å². The van der Waals surface area contributed by atoms with Crippen LogP contribution >= 0.6 is 0 Å². The van der Waals surface area contributed by atoms with E-state index in [0.717, 1.165) is 43.4 Å². The molecule has 0 unspecified atom stereocenters. The highest BCUT2D eigenvalue weighted by Crippen LogP contribution is 2.29. The highest BCUT2D eigenvalue weighted by Gasteiger charge is 2.43. The molecule has 6 aromatic rings. The first-order chi connectivity index (χ1) is 66.4. The molecule has 46 nitrogen and oxygen atoms in total. The third kappa shape index (κ3) is 35.5. The Morgan fingerprint density at radius 1 is 0.372 bits per heavy atom. The van der Waals surface area contributed by atoms with Crippen molar-refractivity contribution < 1.29 is 137 Å². The number of ether oxygens (including phenoxy) is 9. The number of aliphatic hydroxyl groups is 9. The Bertz CT molecular complexity index is 4400. The molecule has 0 saturated carbocycles. The normalized spacial score (nSPS) is 20.4. The first-order valence-corrected chi connectivity index (χ1v) is 46.6. The standard InChI is InChI=1S/C91H130N18O28/c110-48-72-85(123)82(120)69(54-135-72)107-45-63(100-103-107)51-132-66-21-15-18-60(42-66)88(126)96-34-12-9-31-92-76(114)28-39-129-57-91(99-79(117)25-8-6-4-2-1-3-5-7-24-75(113)95-37-38-106-80(118)26-27-81(106)119,58-130-40-29-77(115)93-32-10-13-35-97-89(127)61-19-16-22-67(43-61)133-52-64-46-108(104-101-64)70-55-136-73(49-111)86(124)83(70)121)59-131-41-30-78(116)94-33-11-14-36-98-90(128)62-20-17-23-68(44-62)134-53-65-47-109(105-102-65)71-56-137-74(50-112)87(125)84(71)122/h15-23,26-27,42-47,69-74,82-87,110-112,120-125H,1-14,24-25,28-41,48-59H2,(H,92,114)(H,93,115)(H,94,116)(H,95,113)(H,96,126)(H,97,127)(H,98,128)(H,99,117)/t69-,70-,71-,72+,73+,74+,82+,83+,84+,85-,86-,87-/m0/s1. The summed E-state index contributed by atoms with van der Waals surface area (Å²) < 4.78 is 56.7. The molecule has 0 bridgehead atoms. The Labute approximate surface area is 791 Å². The molecule has 12 atom stereocenters. The van der Waals surface area contributed by atoms with Crippen molar-refractivity contribution in [1.82, 2.24) is 92.4 Å². The Kier molecular flexibility index (Phi) is 45.3. The minimum Gasteiger partial charge on any atom is -0.487 e. The Morgan fingerprint density at radius 3 is 1.00 bits per heavy atom. The second-order valence-electron chi connectivity index (χ2n) is 33.8. The van der Waals surface area contributed by atoms with E-state index in [2.05, 4.69) is 73.5 Å². The number of aromatic nitrogens is 9. The third-order valence-electron chi connectivity index (χ3n) is 23.2. The molecule has 0 radical (unpaired) electrons. The zero-order chi connectivity index (χ0) is 97.7. The summed E-state index contributed by atoms with van der Waals surface area (Å²) in [4.78, 5) is 131. The van der Waals surface area contributed by atoms with Gasteiger partial charge in [-0.3, -0.25) is 52.8 Å². The van der Waals surface area contributed by atoms with E-state index in [4.69, 9.17) is 42.6 Å². The average Bonchev–Trinajstić information content (AvgIpc) is 1.72. The van der Waals surface area contributed by atoms with Crippen LogP contribution in [0.2, 0.25) is 0 Å². The summed E-state index contributed by atoms with van der Waals surface area (Å²) in [6.45, 7) is -0.611. The van der Waals surface area contributed by atoms with E-state index in [9.17, 15) is 93.9 Å². The smallest absolute Gasteiger partial charge is 0.253 e. The molecule has 137 heavy (non-hydrogen) atoms. The van der Waals surface area contributed by atoms with E-state index in [1.165, 1.54) is 26.2 Å². The molecule has 0 aliphatic carbocycles. The molecular weight excluding hydrogens is 1790 g/mol. The molecule has 752 valence electrons. The fourth-order valence-corrected chi connectivity index (χ4v) is 15.2. The number of aliphatic hydroxyl groups excluding tert-OH is 9. The number of hydrogen-bond acceptors (Lipinski definition) is 34. The van der Waals surface area contributed by atoms with Crippen LogP contribution in [0, 0.1) is 0 Å². The number of carbonyl (C=O) groups is 10. The van der Waals surface area contributed by atoms with Crippen LogP contribution in [0.25, 0.3) is 0 Å². The van der Waals surface area contributed by atoms with Crippen LogP contribution in [0.3, 0.4) is 0 Å². The highest BCUT2D eigenvalue weighted by molar-refractivity contribution is 6.13. The van der Waals surface area contributed by atoms with Gasteiger partial charge in [0.2, 0.25) is 29.5 Å². The van der Waals surface area contributed by atoms with Gasteiger partial charge in [0.15, 0.2) is 0 Å². The maximum atomic E-state index is 14.2. The van der Waals surface area contributed by atoms with Gasteiger partial charge in [-0.15, -0.1) is 15.3 Å². The molecule has 3 fully saturated rings. The van der Waals surface area contributed by atoms with Crippen molar-refractivity contribution in [3.8, 4) is 17.2 Å². The van der Waals surface area contributed by atoms with Crippen molar-refractivity contribution in [3.63, 3.8) is 0 Å². The first-order valence-electron chi connectivity index (χ1n) is 46.6. The lowest BCUT2D eigenvalue weighted by atomic mass is 9.98. The van der Waals surface area contributed by atoms with E-state index in [0.29, 0.717) is 109 Å². The van der Waals surface area contributed by atoms with Crippen molar-refractivity contribution in [3.05, 3.63) is 137 Å². The van der Waals surface area contributed by atoms with Gasteiger partial charge in [-0.25, -0.2) is 14.0 Å². The number of imide groups is 1. The fraction of sp³-hybridized carbons (Fsp3) is 0.604. The number of carbonyl (C=O) groups excluding carboxylic acids is 10. The van der Waals surface area contributed by atoms with Crippen molar-refractivity contribution in [2.45, 2.75) is 220 Å². The molecule has 10 rings (SSSR count). The summed E-state index contributed by atoms with van der Waals surface area (Å²) in [6.07, 6.45) is 5.90. The van der Waals surface area contributed by atoms with Crippen molar-refractivity contribution in [2.24, 2.45) is 0 Å². The average molecular weight is 1920 g/mol. The number of unbranched alkanes of at least 4 members (excludes halogenated alkanes) is 10. The van der Waals surface area contributed by atoms with Crippen LogP contribution in [0.5, 0.6) is 17.2 Å². The Morgan fingerprint density at radius 2 is 0.672 bits per heavy atom. The molecule has 7 heterocycles. The highest BCUT2D eigenvalue weighted by atomic mass is 16.5. The van der Waals surface area contributed by atoms with Crippen LogP contribution in [0.4, 0.5) is 0 Å². The maximum Gasteiger partial charge on any atom is 0.253 e. The van der Waals surface area contributed by atoms with Gasteiger partial charge in [-0.05, 0) is 106 Å². The SMILES string of the molecule is O=C(CCCCCCCCCCC(=O)NC(COCCC(=O)NCCCCNC(=O)c1cccc(OCc2cn([C@H]3CO[C@H](CO)[C@H](O)[C@@H]3O)nn2)c1)(COCCC(=O)NCCCCNC(=O)c1cccc(OCc2cn([C@H]3CO[C@H](CO)[C@H](O)[C@@H]3O)nn2)c1)COCCC(=O)NCCCCNC(=O)c1cccc(OCc2cn([C@H]3CO[C@H](CO)[C@H](O)[C@@H]3O)nn2)c1)NCCN1C(=O)C=CC1=O. The fourth-order valence-electron chi connectivity index (χ4n) is 15.2. The van der Waals surface area contributed by atoms with E-state index >= 15 is 0 Å². The molecule has 17 N–H and O–H groups in total. The van der Waals surface area contributed by atoms with E-state index < -0.39 is 110 Å². The molecule has 4 aliphatic rings. The predicted octanol–water partition coefficient (Wildman–Crippen LogP) is -1.54. The van der Waals surface area contributed by atoms with Gasteiger partial charge in [0, 0.05) is 113 Å². The zero-order valence-corrected chi connectivity index (χ0v) is 76.7. The van der Waals surface area contributed by atoms with Gasteiger partial charge in [-0.1, -0.05) is 72.4 Å². The molecule has 3 aromatic heterocycles. The molecule has 10 amide bonds. The lowest BCUT2D eigenvalue weighted by Gasteiger charge is -2.36. The zero-order valence-electron chi connectivity index (χ0n) is 76.7. The lowest BCUT2D eigenvalue weighted by molar-refractivity contribution is -0.171. The summed E-state index contributed by atoms with van der Waals surface area (Å²) in [6, 6.07) is 17.3. The third-order valence-corrected chi connectivity index (χ3v) is 23.2. The number of amides is 10. The van der Waals surface area contributed by atoms with Crippen LogP contribution in [-0.4, -0.2) is 347 Å². The summed E-state index contributed by atoms with van der Waals surface area (Å²) in [5.74, 6) is -2.31. The summed E-state index contributed by atoms with van der Waals surface area (Å²) >= 11 is 0. The number of nitrogens with one attached hydrogen (secondary N) is 8. The molecule has 46 heteroatoms. The van der Waals surface area contributed by atoms with E-state index in [-0.39, 0.29) is 205 Å². The molecule has 4 aliphatic heterocycles. The lowest BCUT2D eigenvalue weighted by Crippen LogP contribution is -2.58. The van der Waals surface area contributed by atoms with Gasteiger partial charge in [0.1, 0.15) is 133 Å². The number of nitrogens with zero attached hydrogens (tertiary/aromatic N) is 10. The van der Waals surface area contributed by atoms with Gasteiger partial charge in [0.25, 0.3) is 29.5 Å². The van der Waals surface area contributed by atoms with Crippen LogP contribution in [-0.2, 0) is 81.8 Å². The van der Waals surface area contributed by atoms with Crippen LogP contribution in [0.15, 0.2) is 104 Å². The molecule has 0 spiro atoms. The van der Waals surface area contributed by atoms with Gasteiger partial charge < -0.3 is 131 Å². The van der Waals surface area contributed by atoms with Gasteiger partial charge >= 0.3 is 0 Å². The molecule has 3 aromatic carbocycles. The Balaban J connectivity index is 0.676.